The van der Waals surface area contributed by atoms with E-state index in [2.05, 4.69) is 16.7 Å². The Kier molecular flexibility index (Phi) is 10.3. The molecule has 0 spiro atoms. The normalized spacial score (nSPS) is 17.7. The predicted molar refractivity (Wildman–Crippen MR) is 177 cm³/mol. The Balaban J connectivity index is 1.35. The fraction of sp³-hybridized carbons (Fsp3) is 0.382. The molecule has 3 aromatic rings. The lowest BCUT2D eigenvalue weighted by Gasteiger charge is -2.40. The van der Waals surface area contributed by atoms with E-state index in [0.717, 1.165) is 41.7 Å². The summed E-state index contributed by atoms with van der Waals surface area (Å²) >= 11 is 19.8. The fourth-order valence-corrected chi connectivity index (χ4v) is 6.39. The quantitative estimate of drug-likeness (QED) is 0.112. The third kappa shape index (κ3) is 7.25. The second-order valence-corrected chi connectivity index (χ2v) is 12.9. The molecule has 0 bridgehead atoms. The number of aromatic carboxylic acids is 1. The van der Waals surface area contributed by atoms with E-state index in [9.17, 15) is 15.0 Å². The van der Waals surface area contributed by atoms with E-state index in [1.165, 1.54) is 6.07 Å². The van der Waals surface area contributed by atoms with Gasteiger partial charge < -0.3 is 24.4 Å². The van der Waals surface area contributed by atoms with E-state index < -0.39 is 11.6 Å². The van der Waals surface area contributed by atoms with Gasteiger partial charge in [0.25, 0.3) is 0 Å². The zero-order valence-corrected chi connectivity index (χ0v) is 27.5. The van der Waals surface area contributed by atoms with E-state index in [1.54, 1.807) is 24.4 Å². The number of anilines is 1. The Hall–Kier alpha value is -3.30. The highest BCUT2D eigenvalue weighted by molar-refractivity contribution is 6.34. The van der Waals surface area contributed by atoms with Crippen molar-refractivity contribution in [1.82, 2.24) is 10.1 Å². The summed E-state index contributed by atoms with van der Waals surface area (Å²) in [5.41, 5.74) is 2.46. The monoisotopic (exact) mass is 671 g/mol. The van der Waals surface area contributed by atoms with Crippen LogP contribution in [0.2, 0.25) is 5.02 Å². The summed E-state index contributed by atoms with van der Waals surface area (Å²) in [5.74, 6) is 1.01. The average Bonchev–Trinajstić information content (AvgIpc) is 3.78. The zero-order valence-electron chi connectivity index (χ0n) is 25.2. The van der Waals surface area contributed by atoms with E-state index >= 15 is 0 Å². The zero-order chi connectivity index (χ0) is 32.3. The maximum Gasteiger partial charge on any atom is 0.339 e. The van der Waals surface area contributed by atoms with Crippen LogP contribution in [-0.4, -0.2) is 45.0 Å². The summed E-state index contributed by atoms with van der Waals surface area (Å²) < 4.78 is 12.1. The van der Waals surface area contributed by atoms with Crippen molar-refractivity contribution in [2.45, 2.75) is 69.5 Å². The molecule has 1 aliphatic carbocycles. The number of aliphatic hydroxyl groups is 1. The topological polar surface area (TPSA) is 109 Å². The van der Waals surface area contributed by atoms with Gasteiger partial charge in [-0.05, 0) is 68.9 Å². The summed E-state index contributed by atoms with van der Waals surface area (Å²) in [6.07, 6.45) is 8.44. The number of rotatable bonds is 12. The molecule has 11 heteroatoms. The van der Waals surface area contributed by atoms with Crippen molar-refractivity contribution in [3.8, 4) is 11.3 Å². The molecule has 2 aromatic heterocycles. The third-order valence-electron chi connectivity index (χ3n) is 8.37. The Morgan fingerprint density at radius 3 is 2.62 bits per heavy atom. The molecule has 0 amide bonds. The number of carbonyl (C=O) groups is 1. The molecule has 238 valence electrons. The standard InChI is InChI=1S/C34H36Cl3N3O5/c1-4-27(36)23-7-5-9-28(37)29(23)30-25(31(45-39-30)22-11-12-22)19-44-20(2)10-13-26(21(3)35)34(43)14-17-40(18-15-34)32-24(33(41)42)8-6-16-38-32/h5-10,13,16,22,27,43H,3-4,11-12,14-15,17-19H2,1-2H3,(H,41,42)/b20-10+,26-13+. The summed E-state index contributed by atoms with van der Waals surface area (Å²) in [6.45, 7) is 8.72. The van der Waals surface area contributed by atoms with Crippen molar-refractivity contribution >= 4 is 46.6 Å². The number of carboxylic acid groups (broad SMARTS) is 1. The lowest BCUT2D eigenvalue weighted by molar-refractivity contribution is 0.0554. The van der Waals surface area contributed by atoms with Crippen LogP contribution in [-0.2, 0) is 11.3 Å². The first kappa shape index (κ1) is 33.1. The highest BCUT2D eigenvalue weighted by Crippen LogP contribution is 2.47. The molecular weight excluding hydrogens is 637 g/mol. The molecule has 45 heavy (non-hydrogen) atoms. The van der Waals surface area contributed by atoms with Crippen molar-refractivity contribution in [3.05, 3.63) is 99.1 Å². The minimum atomic E-state index is -1.26. The molecule has 1 saturated heterocycles. The van der Waals surface area contributed by atoms with Crippen LogP contribution >= 0.6 is 34.8 Å². The number of hydrogen-bond acceptors (Lipinski definition) is 7. The Morgan fingerprint density at radius 2 is 1.98 bits per heavy atom. The number of ether oxygens (including phenoxy) is 1. The second kappa shape index (κ2) is 14.0. The molecule has 1 atom stereocenters. The van der Waals surface area contributed by atoms with E-state index in [-0.39, 0.29) is 22.6 Å². The second-order valence-electron chi connectivity index (χ2n) is 11.5. The van der Waals surface area contributed by atoms with Gasteiger partial charge in [0, 0.05) is 41.4 Å². The number of carboxylic acids is 1. The highest BCUT2D eigenvalue weighted by Gasteiger charge is 2.38. The first-order valence-corrected chi connectivity index (χ1v) is 16.2. The average molecular weight is 673 g/mol. The number of aromatic nitrogens is 2. The molecule has 2 N–H and O–H groups in total. The van der Waals surface area contributed by atoms with Gasteiger partial charge in [-0.3, -0.25) is 0 Å². The number of allylic oxidation sites excluding steroid dienone is 3. The van der Waals surface area contributed by atoms with E-state index in [4.69, 9.17) is 44.1 Å². The van der Waals surface area contributed by atoms with Crippen LogP contribution in [0.3, 0.4) is 0 Å². The van der Waals surface area contributed by atoms with Gasteiger partial charge in [-0.1, -0.05) is 60.1 Å². The van der Waals surface area contributed by atoms with Crippen molar-refractivity contribution in [1.29, 1.82) is 0 Å². The Morgan fingerprint density at radius 1 is 1.24 bits per heavy atom. The molecular formula is C34H36Cl3N3O5. The maximum atomic E-state index is 11.7. The number of alkyl halides is 1. The first-order chi connectivity index (χ1) is 21.5. The van der Waals surface area contributed by atoms with Crippen molar-refractivity contribution in [2.75, 3.05) is 18.0 Å². The molecule has 1 saturated carbocycles. The van der Waals surface area contributed by atoms with Gasteiger partial charge in [0.05, 0.1) is 27.3 Å². The number of halogens is 3. The van der Waals surface area contributed by atoms with Gasteiger partial charge in [-0.15, -0.1) is 11.6 Å². The van der Waals surface area contributed by atoms with Crippen LogP contribution in [0.25, 0.3) is 11.3 Å². The summed E-state index contributed by atoms with van der Waals surface area (Å²) in [5, 5.41) is 26.2. The summed E-state index contributed by atoms with van der Waals surface area (Å²) in [4.78, 5) is 17.8. The molecule has 1 unspecified atom stereocenters. The number of piperidine rings is 1. The van der Waals surface area contributed by atoms with Gasteiger partial charge in [0.2, 0.25) is 0 Å². The van der Waals surface area contributed by atoms with Gasteiger partial charge in [-0.2, -0.15) is 0 Å². The minimum absolute atomic E-state index is 0.121. The molecule has 2 fully saturated rings. The molecule has 2 aliphatic rings. The van der Waals surface area contributed by atoms with E-state index in [1.807, 2.05) is 36.9 Å². The molecule has 8 nitrogen and oxygen atoms in total. The third-order valence-corrected chi connectivity index (χ3v) is 9.44. The van der Waals surface area contributed by atoms with Crippen LogP contribution in [0.4, 0.5) is 5.82 Å². The van der Waals surface area contributed by atoms with Crippen LogP contribution in [0.1, 0.15) is 84.5 Å². The Bertz CT molecular complexity index is 1640. The van der Waals surface area contributed by atoms with Crippen LogP contribution in [0, 0.1) is 0 Å². The van der Waals surface area contributed by atoms with Gasteiger partial charge >= 0.3 is 5.97 Å². The summed E-state index contributed by atoms with van der Waals surface area (Å²) in [6, 6.07) is 8.78. The molecule has 5 rings (SSSR count). The van der Waals surface area contributed by atoms with Crippen molar-refractivity contribution in [3.63, 3.8) is 0 Å². The number of benzene rings is 1. The largest absolute Gasteiger partial charge is 0.493 e. The van der Waals surface area contributed by atoms with Crippen LogP contribution in [0.15, 0.2) is 76.1 Å². The van der Waals surface area contributed by atoms with Crippen molar-refractivity contribution in [2.24, 2.45) is 0 Å². The number of pyridine rings is 1. The SMILES string of the molecule is C=C(Cl)/C(=C\C=C(/C)OCc1c(-c2c(Cl)cccc2C(Cl)CC)noc1C1CC1)C1(O)CCN(c2ncccc2C(=O)O)CC1. The van der Waals surface area contributed by atoms with Gasteiger partial charge in [0.15, 0.2) is 0 Å². The minimum Gasteiger partial charge on any atom is -0.493 e. The summed E-state index contributed by atoms with van der Waals surface area (Å²) in [7, 11) is 0. The Labute approximate surface area is 277 Å². The van der Waals surface area contributed by atoms with Gasteiger partial charge in [-0.25, -0.2) is 9.78 Å². The van der Waals surface area contributed by atoms with Crippen LogP contribution < -0.4 is 4.90 Å². The fourth-order valence-electron chi connectivity index (χ4n) is 5.70. The number of nitrogens with zero attached hydrogens (tertiary/aromatic N) is 3. The molecule has 1 aliphatic heterocycles. The maximum absolute atomic E-state index is 11.7. The lowest BCUT2D eigenvalue weighted by Crippen LogP contribution is -2.46. The molecule has 1 aromatic carbocycles. The predicted octanol–water partition coefficient (Wildman–Crippen LogP) is 8.79. The smallest absolute Gasteiger partial charge is 0.339 e. The highest BCUT2D eigenvalue weighted by atomic mass is 35.5. The van der Waals surface area contributed by atoms with Gasteiger partial charge in [0.1, 0.15) is 29.4 Å². The van der Waals surface area contributed by atoms with Crippen molar-refractivity contribution < 1.29 is 24.3 Å². The first-order valence-electron chi connectivity index (χ1n) is 15.0. The lowest BCUT2D eigenvalue weighted by atomic mass is 9.83. The molecule has 3 heterocycles. The molecule has 0 radical (unpaired) electrons. The number of hydrogen-bond donors (Lipinski definition) is 2. The van der Waals surface area contributed by atoms with Crippen LogP contribution in [0.5, 0.6) is 0 Å². The van der Waals surface area contributed by atoms with E-state index in [0.29, 0.717) is 59.7 Å².